The Labute approximate surface area is 195 Å². The van der Waals surface area contributed by atoms with E-state index >= 15 is 0 Å². The van der Waals surface area contributed by atoms with Crippen LogP contribution in [0.15, 0.2) is 78.9 Å². The van der Waals surface area contributed by atoms with Gasteiger partial charge in [0.25, 0.3) is 5.91 Å². The summed E-state index contributed by atoms with van der Waals surface area (Å²) in [6.45, 7) is 3.79. The van der Waals surface area contributed by atoms with E-state index < -0.39 is 0 Å². The number of carbonyl (C=O) groups excluding carboxylic acids is 1. The third-order valence-electron chi connectivity index (χ3n) is 5.85. The number of carbonyl (C=O) groups is 1. The lowest BCUT2D eigenvalue weighted by Gasteiger charge is -2.26. The van der Waals surface area contributed by atoms with Gasteiger partial charge in [-0.2, -0.15) is 0 Å². The zero-order valence-electron chi connectivity index (χ0n) is 18.4. The molecule has 1 saturated heterocycles. The van der Waals surface area contributed by atoms with Crippen LogP contribution in [0.5, 0.6) is 0 Å². The number of nitrogens with zero attached hydrogens (tertiary/aromatic N) is 1. The number of hydrogen-bond donors (Lipinski definition) is 2. The topological polar surface area (TPSA) is 44.4 Å². The number of rotatable bonds is 5. The molecular weight excluding hydrogens is 414 g/mol. The van der Waals surface area contributed by atoms with Crippen molar-refractivity contribution in [2.24, 2.45) is 0 Å². The van der Waals surface area contributed by atoms with Gasteiger partial charge in [-0.25, -0.2) is 0 Å². The van der Waals surface area contributed by atoms with E-state index in [1.165, 1.54) is 12.0 Å². The molecule has 0 aromatic heterocycles. The van der Waals surface area contributed by atoms with E-state index in [4.69, 9.17) is 12.2 Å². The minimum absolute atomic E-state index is 0.0586. The van der Waals surface area contributed by atoms with Crippen LogP contribution in [-0.4, -0.2) is 29.0 Å². The van der Waals surface area contributed by atoms with Gasteiger partial charge >= 0.3 is 0 Å². The molecule has 1 atom stereocenters. The van der Waals surface area contributed by atoms with Crippen molar-refractivity contribution in [3.8, 4) is 0 Å². The monoisotopic (exact) mass is 443 g/mol. The van der Waals surface area contributed by atoms with E-state index in [9.17, 15) is 4.79 Å². The molecule has 1 fully saturated rings. The van der Waals surface area contributed by atoms with Crippen molar-refractivity contribution in [3.05, 3.63) is 101 Å². The van der Waals surface area contributed by atoms with Crippen molar-refractivity contribution in [3.63, 3.8) is 0 Å². The minimum atomic E-state index is -0.0586. The van der Waals surface area contributed by atoms with Crippen LogP contribution in [-0.2, 0) is 0 Å². The smallest absolute Gasteiger partial charge is 0.253 e. The Morgan fingerprint density at radius 1 is 0.844 bits per heavy atom. The molecule has 0 radical (unpaired) electrons. The highest BCUT2D eigenvalue weighted by Gasteiger charge is 2.18. The third kappa shape index (κ3) is 5.54. The van der Waals surface area contributed by atoms with Gasteiger partial charge in [-0.05, 0) is 73.8 Å². The molecule has 4 nitrogen and oxygen atoms in total. The Kier molecular flexibility index (Phi) is 7.17. The molecule has 1 aliphatic heterocycles. The number of nitrogens with one attached hydrogen (secondary N) is 2. The Balaban J connectivity index is 1.44. The normalized spacial score (nSPS) is 14.5. The van der Waals surface area contributed by atoms with Crippen molar-refractivity contribution >= 4 is 28.9 Å². The summed E-state index contributed by atoms with van der Waals surface area (Å²) in [5, 5.41) is 7.25. The van der Waals surface area contributed by atoms with Gasteiger partial charge in [-0.15, -0.1) is 0 Å². The average molecular weight is 444 g/mol. The van der Waals surface area contributed by atoms with Gasteiger partial charge in [0.15, 0.2) is 5.11 Å². The number of thiocarbonyl (C=S) groups is 1. The van der Waals surface area contributed by atoms with Crippen LogP contribution in [0.3, 0.4) is 0 Å². The molecule has 0 spiro atoms. The standard InChI is InChI=1S/C27H29N3OS/c1-20-10-12-22(13-11-20)25(21-8-4-2-5-9-21)29-27(32)28-24-16-14-23(15-17-24)26(31)30-18-6-3-7-19-30/h2,4-5,8-17,25H,3,6-7,18-19H2,1H3,(H2,28,29,32)/t25-/m1/s1. The van der Waals surface area contributed by atoms with Crippen molar-refractivity contribution in [2.45, 2.75) is 32.2 Å². The first-order valence-electron chi connectivity index (χ1n) is 11.2. The first-order chi connectivity index (χ1) is 15.6. The lowest BCUT2D eigenvalue weighted by atomic mass is 9.98. The maximum absolute atomic E-state index is 12.7. The van der Waals surface area contributed by atoms with E-state index in [2.05, 4.69) is 54.0 Å². The first-order valence-corrected chi connectivity index (χ1v) is 11.6. The summed E-state index contributed by atoms with van der Waals surface area (Å²) in [5.74, 6) is 0.112. The van der Waals surface area contributed by atoms with Gasteiger partial charge in [-0.3, -0.25) is 4.79 Å². The highest BCUT2D eigenvalue weighted by molar-refractivity contribution is 7.80. The van der Waals surface area contributed by atoms with Crippen LogP contribution in [0.2, 0.25) is 0 Å². The fourth-order valence-electron chi connectivity index (χ4n) is 4.04. The van der Waals surface area contributed by atoms with E-state index in [1.54, 1.807) is 0 Å². The van der Waals surface area contributed by atoms with Crippen LogP contribution in [0.25, 0.3) is 0 Å². The molecule has 0 aliphatic carbocycles. The van der Waals surface area contributed by atoms with Crippen molar-refractivity contribution in [2.75, 3.05) is 18.4 Å². The Morgan fingerprint density at radius 2 is 1.47 bits per heavy atom. The molecule has 4 rings (SSSR count). The number of anilines is 1. The number of hydrogen-bond acceptors (Lipinski definition) is 2. The highest BCUT2D eigenvalue weighted by atomic mass is 32.1. The summed E-state index contributed by atoms with van der Waals surface area (Å²) in [6, 6.07) is 26.3. The molecule has 0 saturated carbocycles. The maximum atomic E-state index is 12.7. The van der Waals surface area contributed by atoms with Crippen molar-refractivity contribution in [1.82, 2.24) is 10.2 Å². The van der Waals surface area contributed by atoms with Crippen LogP contribution >= 0.6 is 12.2 Å². The van der Waals surface area contributed by atoms with Gasteiger partial charge in [0.05, 0.1) is 6.04 Å². The first kappa shape index (κ1) is 22.0. The number of aryl methyl sites for hydroxylation is 1. The predicted octanol–water partition coefficient (Wildman–Crippen LogP) is 5.70. The minimum Gasteiger partial charge on any atom is -0.352 e. The van der Waals surface area contributed by atoms with Crippen LogP contribution in [0.4, 0.5) is 5.69 Å². The molecule has 1 heterocycles. The van der Waals surface area contributed by atoms with E-state index in [0.29, 0.717) is 5.11 Å². The van der Waals surface area contributed by atoms with Crippen LogP contribution in [0, 0.1) is 6.92 Å². The Hall–Kier alpha value is -3.18. The zero-order valence-corrected chi connectivity index (χ0v) is 19.2. The van der Waals surface area contributed by atoms with Gasteiger partial charge in [0, 0.05) is 24.3 Å². The Bertz CT molecular complexity index is 1040. The van der Waals surface area contributed by atoms with Crippen molar-refractivity contribution in [1.29, 1.82) is 0 Å². The molecule has 0 unspecified atom stereocenters. The molecule has 32 heavy (non-hydrogen) atoms. The molecule has 2 N–H and O–H groups in total. The molecule has 1 aliphatic rings. The molecule has 3 aromatic carbocycles. The quantitative estimate of drug-likeness (QED) is 0.497. The number of piperidine rings is 1. The fraction of sp³-hybridized carbons (Fsp3) is 0.259. The second-order valence-corrected chi connectivity index (χ2v) is 8.69. The lowest BCUT2D eigenvalue weighted by Crippen LogP contribution is -2.35. The second-order valence-electron chi connectivity index (χ2n) is 8.28. The molecule has 164 valence electrons. The summed E-state index contributed by atoms with van der Waals surface area (Å²) in [7, 11) is 0. The zero-order chi connectivity index (χ0) is 22.3. The lowest BCUT2D eigenvalue weighted by molar-refractivity contribution is 0.0724. The van der Waals surface area contributed by atoms with Crippen LogP contribution in [0.1, 0.15) is 52.4 Å². The summed E-state index contributed by atoms with van der Waals surface area (Å²) in [6.07, 6.45) is 3.40. The van der Waals surface area contributed by atoms with E-state index in [0.717, 1.165) is 48.3 Å². The number of likely N-dealkylation sites (tertiary alicyclic amines) is 1. The number of amides is 1. The fourth-order valence-corrected chi connectivity index (χ4v) is 4.27. The molecule has 0 bridgehead atoms. The highest BCUT2D eigenvalue weighted by Crippen LogP contribution is 2.23. The van der Waals surface area contributed by atoms with Gasteiger partial charge in [-0.1, -0.05) is 60.2 Å². The van der Waals surface area contributed by atoms with Crippen LogP contribution < -0.4 is 10.6 Å². The van der Waals surface area contributed by atoms with Gasteiger partial charge < -0.3 is 15.5 Å². The van der Waals surface area contributed by atoms with Gasteiger partial charge in [0.2, 0.25) is 0 Å². The second kappa shape index (κ2) is 10.4. The molecule has 5 heteroatoms. The summed E-state index contributed by atoms with van der Waals surface area (Å²) >= 11 is 5.63. The Morgan fingerprint density at radius 3 is 2.12 bits per heavy atom. The van der Waals surface area contributed by atoms with E-state index in [1.807, 2.05) is 47.4 Å². The third-order valence-corrected chi connectivity index (χ3v) is 6.07. The maximum Gasteiger partial charge on any atom is 0.253 e. The average Bonchev–Trinajstić information content (AvgIpc) is 2.84. The van der Waals surface area contributed by atoms with Gasteiger partial charge in [0.1, 0.15) is 0 Å². The largest absolute Gasteiger partial charge is 0.352 e. The summed E-state index contributed by atoms with van der Waals surface area (Å²) in [5.41, 5.74) is 5.09. The summed E-state index contributed by atoms with van der Waals surface area (Å²) in [4.78, 5) is 14.6. The summed E-state index contributed by atoms with van der Waals surface area (Å²) < 4.78 is 0. The molecular formula is C27H29N3OS. The number of benzene rings is 3. The molecule has 1 amide bonds. The van der Waals surface area contributed by atoms with E-state index in [-0.39, 0.29) is 11.9 Å². The SMILES string of the molecule is Cc1ccc([C@H](NC(=S)Nc2ccc(C(=O)N3CCCCC3)cc2)c2ccccc2)cc1. The van der Waals surface area contributed by atoms with Crippen molar-refractivity contribution < 1.29 is 4.79 Å². The molecule has 3 aromatic rings. The predicted molar refractivity (Wildman–Crippen MR) is 135 cm³/mol.